The van der Waals surface area contributed by atoms with Gasteiger partial charge in [0.05, 0.1) is 0 Å². The van der Waals surface area contributed by atoms with Gasteiger partial charge in [-0.25, -0.2) is 0 Å². The molecule has 3 aromatic rings. The molecule has 1 aromatic heterocycles. The van der Waals surface area contributed by atoms with Crippen molar-refractivity contribution in [3.8, 4) is 22.8 Å². The van der Waals surface area contributed by atoms with Gasteiger partial charge in [-0.2, -0.15) is 4.98 Å². The molecule has 1 fully saturated rings. The average Bonchev–Trinajstić information content (AvgIpc) is 3.24. The van der Waals surface area contributed by atoms with Gasteiger partial charge in [-0.05, 0) is 49.6 Å². The molecule has 1 N–H and O–H groups in total. The van der Waals surface area contributed by atoms with Crippen LogP contribution in [0.4, 0.5) is 5.69 Å². The number of likely N-dealkylation sites (tertiary alicyclic amines) is 1. The number of benzene rings is 2. The van der Waals surface area contributed by atoms with Crippen molar-refractivity contribution in [1.82, 2.24) is 15.0 Å². The molecule has 2 amide bonds. The van der Waals surface area contributed by atoms with Crippen LogP contribution in [0.25, 0.3) is 22.8 Å². The summed E-state index contributed by atoms with van der Waals surface area (Å²) in [6.07, 6.45) is 3.28. The maximum atomic E-state index is 12.8. The van der Waals surface area contributed by atoms with Crippen LogP contribution in [0.1, 0.15) is 36.5 Å². The molecule has 4 rings (SSSR count). The molecule has 0 unspecified atom stereocenters. The van der Waals surface area contributed by atoms with E-state index in [9.17, 15) is 9.59 Å². The molecule has 1 aliphatic rings. The maximum absolute atomic E-state index is 12.8. The van der Waals surface area contributed by atoms with Crippen LogP contribution in [-0.2, 0) is 4.79 Å². The lowest BCUT2D eigenvalue weighted by molar-refractivity contribution is -0.114. The molecule has 2 heterocycles. The van der Waals surface area contributed by atoms with Gasteiger partial charge in [-0.3, -0.25) is 9.59 Å². The molecule has 0 radical (unpaired) electrons. The van der Waals surface area contributed by atoms with Crippen LogP contribution < -0.4 is 5.32 Å². The summed E-state index contributed by atoms with van der Waals surface area (Å²) in [5, 5.41) is 6.80. The number of piperidine rings is 1. The van der Waals surface area contributed by atoms with Gasteiger partial charge in [0.15, 0.2) is 0 Å². The van der Waals surface area contributed by atoms with Crippen molar-refractivity contribution in [1.29, 1.82) is 0 Å². The minimum atomic E-state index is -0.149. The summed E-state index contributed by atoms with van der Waals surface area (Å²) in [7, 11) is 0. The zero-order valence-electron chi connectivity index (χ0n) is 16.2. The summed E-state index contributed by atoms with van der Waals surface area (Å²) < 4.78 is 5.41. The fourth-order valence-electron chi connectivity index (χ4n) is 3.46. The zero-order chi connectivity index (χ0) is 20.2. The first-order chi connectivity index (χ1) is 14.1. The summed E-state index contributed by atoms with van der Waals surface area (Å²) in [6, 6.07) is 14.5. The van der Waals surface area contributed by atoms with Gasteiger partial charge in [0.25, 0.3) is 11.8 Å². The normalized spacial score (nSPS) is 13.9. The number of amides is 2. The third kappa shape index (κ3) is 4.34. The molecule has 0 atom stereocenters. The second kappa shape index (κ2) is 8.26. The van der Waals surface area contributed by atoms with Crippen molar-refractivity contribution in [2.24, 2.45) is 0 Å². The van der Waals surface area contributed by atoms with Gasteiger partial charge in [-0.1, -0.05) is 23.4 Å². The highest BCUT2D eigenvalue weighted by Gasteiger charge is 2.19. The van der Waals surface area contributed by atoms with E-state index < -0.39 is 0 Å². The Bertz CT molecular complexity index is 1040. The van der Waals surface area contributed by atoms with E-state index in [4.69, 9.17) is 4.52 Å². The fourth-order valence-corrected chi connectivity index (χ4v) is 3.46. The molecule has 0 spiro atoms. The summed E-state index contributed by atoms with van der Waals surface area (Å²) in [5.74, 6) is 0.653. The number of hydrogen-bond donors (Lipinski definition) is 1. The van der Waals surface area contributed by atoms with Crippen LogP contribution in [0.5, 0.6) is 0 Å². The first-order valence-electron chi connectivity index (χ1n) is 9.71. The van der Waals surface area contributed by atoms with Crippen molar-refractivity contribution >= 4 is 17.5 Å². The molecular weight excluding hydrogens is 368 g/mol. The van der Waals surface area contributed by atoms with Gasteiger partial charge < -0.3 is 14.7 Å². The van der Waals surface area contributed by atoms with E-state index in [0.29, 0.717) is 28.5 Å². The SMILES string of the molecule is CC(=O)Nc1cccc(-c2nc(-c3cccc(C(=O)N4CCCCC4)c3)no2)c1. The Labute approximate surface area is 168 Å². The van der Waals surface area contributed by atoms with E-state index in [1.807, 2.05) is 35.2 Å². The van der Waals surface area contributed by atoms with Crippen molar-refractivity contribution in [3.05, 3.63) is 54.1 Å². The first-order valence-corrected chi connectivity index (χ1v) is 9.71. The van der Waals surface area contributed by atoms with Crippen molar-refractivity contribution in [2.75, 3.05) is 18.4 Å². The number of rotatable bonds is 4. The Morgan fingerprint density at radius 1 is 1.00 bits per heavy atom. The van der Waals surface area contributed by atoms with Crippen molar-refractivity contribution < 1.29 is 14.1 Å². The summed E-state index contributed by atoms with van der Waals surface area (Å²) in [5.41, 5.74) is 2.71. The Balaban J connectivity index is 1.57. The predicted molar refractivity (Wildman–Crippen MR) is 109 cm³/mol. The van der Waals surface area contributed by atoms with Crippen LogP contribution >= 0.6 is 0 Å². The Kier molecular flexibility index (Phi) is 5.37. The fraction of sp³-hybridized carbons (Fsp3) is 0.273. The molecule has 7 nitrogen and oxygen atoms in total. The van der Waals surface area contributed by atoms with Crippen LogP contribution in [0, 0.1) is 0 Å². The van der Waals surface area contributed by atoms with Crippen LogP contribution in [0.3, 0.4) is 0 Å². The van der Waals surface area contributed by atoms with E-state index in [1.165, 1.54) is 13.3 Å². The molecule has 0 saturated carbocycles. The largest absolute Gasteiger partial charge is 0.339 e. The second-order valence-electron chi connectivity index (χ2n) is 7.12. The average molecular weight is 390 g/mol. The number of carbonyl (C=O) groups is 2. The Morgan fingerprint density at radius 3 is 2.55 bits per heavy atom. The van der Waals surface area contributed by atoms with E-state index in [0.717, 1.165) is 31.5 Å². The lowest BCUT2D eigenvalue weighted by atomic mass is 10.1. The molecule has 2 aromatic carbocycles. The van der Waals surface area contributed by atoms with Crippen molar-refractivity contribution in [2.45, 2.75) is 26.2 Å². The summed E-state index contributed by atoms with van der Waals surface area (Å²) in [6.45, 7) is 3.07. The van der Waals surface area contributed by atoms with Crippen molar-refractivity contribution in [3.63, 3.8) is 0 Å². The minimum absolute atomic E-state index is 0.0401. The molecule has 29 heavy (non-hydrogen) atoms. The van der Waals surface area contributed by atoms with Gasteiger partial charge in [0, 0.05) is 42.4 Å². The van der Waals surface area contributed by atoms with E-state index in [1.54, 1.807) is 18.2 Å². The highest BCUT2D eigenvalue weighted by Crippen LogP contribution is 2.25. The monoisotopic (exact) mass is 390 g/mol. The molecule has 1 aliphatic heterocycles. The van der Waals surface area contributed by atoms with Gasteiger partial charge in [-0.15, -0.1) is 0 Å². The topological polar surface area (TPSA) is 88.3 Å². The summed E-state index contributed by atoms with van der Waals surface area (Å²) >= 11 is 0. The molecule has 0 aliphatic carbocycles. The molecule has 7 heteroatoms. The molecule has 148 valence electrons. The minimum Gasteiger partial charge on any atom is -0.339 e. The number of carbonyl (C=O) groups excluding carboxylic acids is 2. The third-order valence-corrected chi connectivity index (χ3v) is 4.87. The van der Waals surface area contributed by atoms with E-state index in [2.05, 4.69) is 15.5 Å². The van der Waals surface area contributed by atoms with E-state index >= 15 is 0 Å². The lowest BCUT2D eigenvalue weighted by Crippen LogP contribution is -2.35. The Morgan fingerprint density at radius 2 is 1.76 bits per heavy atom. The molecule has 1 saturated heterocycles. The standard InChI is InChI=1S/C22H22N4O3/c1-15(27)23-19-10-6-8-17(14-19)21-24-20(25-29-21)16-7-5-9-18(13-16)22(28)26-11-3-2-4-12-26/h5-10,13-14H,2-4,11-12H2,1H3,(H,23,27). The van der Waals surface area contributed by atoms with Gasteiger partial charge >= 0.3 is 0 Å². The predicted octanol–water partition coefficient (Wildman–Crippen LogP) is 3.99. The zero-order valence-corrected chi connectivity index (χ0v) is 16.2. The molecule has 0 bridgehead atoms. The number of anilines is 1. The summed E-state index contributed by atoms with van der Waals surface area (Å²) in [4.78, 5) is 30.4. The maximum Gasteiger partial charge on any atom is 0.258 e. The highest BCUT2D eigenvalue weighted by molar-refractivity contribution is 5.95. The second-order valence-corrected chi connectivity index (χ2v) is 7.12. The molecular formula is C22H22N4O3. The van der Waals surface area contributed by atoms with Crippen LogP contribution in [0.2, 0.25) is 0 Å². The quantitative estimate of drug-likeness (QED) is 0.728. The highest BCUT2D eigenvalue weighted by atomic mass is 16.5. The number of hydrogen-bond acceptors (Lipinski definition) is 5. The number of nitrogens with one attached hydrogen (secondary N) is 1. The lowest BCUT2D eigenvalue weighted by Gasteiger charge is -2.26. The third-order valence-electron chi connectivity index (χ3n) is 4.87. The van der Waals surface area contributed by atoms with Crippen LogP contribution in [0.15, 0.2) is 53.1 Å². The number of nitrogens with zero attached hydrogens (tertiary/aromatic N) is 3. The van der Waals surface area contributed by atoms with Gasteiger partial charge in [0.1, 0.15) is 0 Å². The van der Waals surface area contributed by atoms with E-state index in [-0.39, 0.29) is 11.8 Å². The Hall–Kier alpha value is -3.48. The smallest absolute Gasteiger partial charge is 0.258 e. The number of aromatic nitrogens is 2. The first kappa shape index (κ1) is 18.9. The van der Waals surface area contributed by atoms with Gasteiger partial charge in [0.2, 0.25) is 11.7 Å². The van der Waals surface area contributed by atoms with Crippen LogP contribution in [-0.4, -0.2) is 39.9 Å².